The number of carbonyl (C=O) groups is 1. The number of hydrogen-bond donors (Lipinski definition) is 0. The van der Waals surface area contributed by atoms with E-state index in [0.717, 1.165) is 21.1 Å². The van der Waals surface area contributed by atoms with Gasteiger partial charge in [0.05, 0.1) is 5.92 Å². The van der Waals surface area contributed by atoms with Gasteiger partial charge in [0.25, 0.3) is 0 Å². The van der Waals surface area contributed by atoms with E-state index in [1.54, 1.807) is 36.4 Å². The third-order valence-corrected chi connectivity index (χ3v) is 9.47. The molecule has 0 aromatic heterocycles. The van der Waals surface area contributed by atoms with Crippen LogP contribution < -0.4 is 4.74 Å². The van der Waals surface area contributed by atoms with Crippen LogP contribution in [0.25, 0.3) is 0 Å². The van der Waals surface area contributed by atoms with Crippen molar-refractivity contribution in [2.75, 3.05) is 0 Å². The number of benzene rings is 3. The van der Waals surface area contributed by atoms with Crippen molar-refractivity contribution in [3.05, 3.63) is 72.8 Å². The molecule has 4 nitrogen and oxygen atoms in total. The molecule has 148 valence electrons. The summed E-state index contributed by atoms with van der Waals surface area (Å²) in [5.74, 6) is 0.0925. The molecule has 0 saturated carbocycles. The van der Waals surface area contributed by atoms with Crippen molar-refractivity contribution >= 4 is 26.7 Å². The van der Waals surface area contributed by atoms with Crippen LogP contribution in [0.1, 0.15) is 20.3 Å². The van der Waals surface area contributed by atoms with Crippen LogP contribution in [0.5, 0.6) is 5.75 Å². The number of esters is 1. The number of fused-ring (bicyclic) bond motifs is 2. The first-order valence-electron chi connectivity index (χ1n) is 9.42. The van der Waals surface area contributed by atoms with Crippen LogP contribution >= 0.6 is 0 Å². The molecule has 3 aromatic rings. The number of rotatable bonds is 4. The first-order valence-corrected chi connectivity index (χ1v) is 12.1. The average Bonchev–Trinajstić information content (AvgIpc) is 2.74. The van der Waals surface area contributed by atoms with Crippen LogP contribution in [-0.2, 0) is 25.5 Å². The molecule has 1 aliphatic heterocycles. The lowest BCUT2D eigenvalue weighted by Gasteiger charge is -2.19. The Morgan fingerprint density at radius 1 is 0.897 bits per heavy atom. The van der Waals surface area contributed by atoms with Crippen molar-refractivity contribution in [2.24, 2.45) is 5.92 Å². The molecule has 0 fully saturated rings. The summed E-state index contributed by atoms with van der Waals surface area (Å²) in [5.41, 5.74) is 0. The standard InChI is InChI=1S/C23H21O4S2/c1-3-16(2)23(24)27-17-12-14-18(15-13-17)28-19-8-4-6-10-21(19)29(25,26)22-11-7-5-9-20(22)28/h4-16H,3H2,1-2H3/q+1. The van der Waals surface area contributed by atoms with Crippen molar-refractivity contribution < 1.29 is 17.9 Å². The molecule has 1 atom stereocenters. The normalized spacial score (nSPS) is 15.8. The number of hydrogen-bond acceptors (Lipinski definition) is 4. The van der Waals surface area contributed by atoms with Crippen LogP contribution in [0.4, 0.5) is 0 Å². The molecule has 6 heteroatoms. The van der Waals surface area contributed by atoms with E-state index >= 15 is 0 Å². The zero-order chi connectivity index (χ0) is 20.6. The summed E-state index contributed by atoms with van der Waals surface area (Å²) >= 11 is 0. The Bertz CT molecular complexity index is 1110. The van der Waals surface area contributed by atoms with Gasteiger partial charge in [0.2, 0.25) is 9.84 Å². The van der Waals surface area contributed by atoms with Gasteiger partial charge in [-0.05, 0) is 55.0 Å². The summed E-state index contributed by atoms with van der Waals surface area (Å²) in [5, 5.41) is 0. The maximum atomic E-state index is 13.1. The summed E-state index contributed by atoms with van der Waals surface area (Å²) in [6, 6.07) is 21.7. The molecular formula is C23H21O4S2+. The third-order valence-electron chi connectivity index (χ3n) is 5.01. The molecule has 4 rings (SSSR count). The van der Waals surface area contributed by atoms with Gasteiger partial charge < -0.3 is 4.74 Å². The third kappa shape index (κ3) is 3.47. The Morgan fingerprint density at radius 2 is 1.41 bits per heavy atom. The second kappa shape index (κ2) is 7.69. The van der Waals surface area contributed by atoms with E-state index in [0.29, 0.717) is 15.5 Å². The minimum Gasteiger partial charge on any atom is -0.426 e. The van der Waals surface area contributed by atoms with Gasteiger partial charge in [-0.3, -0.25) is 4.79 Å². The van der Waals surface area contributed by atoms with E-state index in [-0.39, 0.29) is 11.9 Å². The van der Waals surface area contributed by atoms with E-state index in [2.05, 4.69) is 0 Å². The molecule has 29 heavy (non-hydrogen) atoms. The molecule has 0 N–H and O–H groups in total. The number of sulfone groups is 1. The zero-order valence-corrected chi connectivity index (χ0v) is 17.8. The van der Waals surface area contributed by atoms with Gasteiger partial charge in [0, 0.05) is 0 Å². The molecule has 0 saturated heterocycles. The number of carbonyl (C=O) groups excluding carboxylic acids is 1. The quantitative estimate of drug-likeness (QED) is 0.266. The van der Waals surface area contributed by atoms with Gasteiger partial charge in [-0.2, -0.15) is 0 Å². The summed E-state index contributed by atoms with van der Waals surface area (Å²) in [6.45, 7) is 3.79. The molecule has 0 aliphatic carbocycles. The smallest absolute Gasteiger partial charge is 0.314 e. The van der Waals surface area contributed by atoms with Gasteiger partial charge in [-0.1, -0.05) is 38.1 Å². The van der Waals surface area contributed by atoms with E-state index in [9.17, 15) is 13.2 Å². The second-order valence-electron chi connectivity index (χ2n) is 6.90. The Morgan fingerprint density at radius 3 is 1.93 bits per heavy atom. The Balaban J connectivity index is 1.77. The second-order valence-corrected chi connectivity index (χ2v) is 10.8. The van der Waals surface area contributed by atoms with Crippen LogP contribution in [0.15, 0.2) is 97.3 Å². The van der Waals surface area contributed by atoms with Crippen LogP contribution in [0.2, 0.25) is 0 Å². The predicted molar refractivity (Wildman–Crippen MR) is 112 cm³/mol. The fourth-order valence-electron chi connectivity index (χ4n) is 3.20. The van der Waals surface area contributed by atoms with Gasteiger partial charge >= 0.3 is 5.97 Å². The maximum absolute atomic E-state index is 13.1. The van der Waals surface area contributed by atoms with Crippen molar-refractivity contribution in [2.45, 2.75) is 44.7 Å². The lowest BCUT2D eigenvalue weighted by atomic mass is 10.1. The molecule has 0 spiro atoms. The topological polar surface area (TPSA) is 60.4 Å². The van der Waals surface area contributed by atoms with E-state index in [1.807, 2.05) is 50.2 Å². The van der Waals surface area contributed by atoms with Gasteiger partial charge in [-0.15, -0.1) is 0 Å². The largest absolute Gasteiger partial charge is 0.426 e. The van der Waals surface area contributed by atoms with E-state index in [1.165, 1.54) is 0 Å². The SMILES string of the molecule is CCC(C)C(=O)Oc1ccc([S+]2c3ccccc3S(=O)(=O)c3ccccc32)cc1. The molecule has 1 aliphatic rings. The lowest BCUT2D eigenvalue weighted by Crippen LogP contribution is -2.20. The van der Waals surface area contributed by atoms with Crippen molar-refractivity contribution in [1.29, 1.82) is 0 Å². The lowest BCUT2D eigenvalue weighted by molar-refractivity contribution is -0.138. The first kappa shape index (κ1) is 19.7. The summed E-state index contributed by atoms with van der Waals surface area (Å²) in [7, 11) is -4.10. The molecule has 0 radical (unpaired) electrons. The highest BCUT2D eigenvalue weighted by Gasteiger charge is 2.44. The van der Waals surface area contributed by atoms with Gasteiger partial charge in [0.15, 0.2) is 14.7 Å². The fraction of sp³-hybridized carbons (Fsp3) is 0.174. The fourth-order valence-corrected chi connectivity index (χ4v) is 7.90. The summed E-state index contributed by atoms with van der Waals surface area (Å²) < 4.78 is 31.6. The monoisotopic (exact) mass is 425 g/mol. The van der Waals surface area contributed by atoms with Crippen LogP contribution in [0.3, 0.4) is 0 Å². The van der Waals surface area contributed by atoms with Crippen molar-refractivity contribution in [3.8, 4) is 5.75 Å². The molecule has 3 aromatic carbocycles. The summed E-state index contributed by atoms with van der Waals surface area (Å²) in [6.07, 6.45) is 0.725. The number of ether oxygens (including phenoxy) is 1. The highest BCUT2D eigenvalue weighted by molar-refractivity contribution is 8.00. The highest BCUT2D eigenvalue weighted by Crippen LogP contribution is 2.44. The minimum absolute atomic E-state index is 0.154. The van der Waals surface area contributed by atoms with Crippen molar-refractivity contribution in [1.82, 2.24) is 0 Å². The van der Waals surface area contributed by atoms with E-state index < -0.39 is 20.7 Å². The summed E-state index contributed by atoms with van der Waals surface area (Å²) in [4.78, 5) is 15.3. The Kier molecular flexibility index (Phi) is 5.23. The molecule has 0 bridgehead atoms. The van der Waals surface area contributed by atoms with Crippen LogP contribution in [0, 0.1) is 5.92 Å². The molecule has 1 heterocycles. The van der Waals surface area contributed by atoms with Crippen molar-refractivity contribution in [3.63, 3.8) is 0 Å². The van der Waals surface area contributed by atoms with E-state index in [4.69, 9.17) is 4.74 Å². The predicted octanol–water partition coefficient (Wildman–Crippen LogP) is 4.88. The average molecular weight is 426 g/mol. The first-order chi connectivity index (χ1) is 13.9. The van der Waals surface area contributed by atoms with Gasteiger partial charge in [0.1, 0.15) is 26.4 Å². The van der Waals surface area contributed by atoms with Crippen LogP contribution in [-0.4, -0.2) is 14.4 Å². The minimum atomic E-state index is -3.54. The highest BCUT2D eigenvalue weighted by atomic mass is 32.2. The molecular weight excluding hydrogens is 404 g/mol. The maximum Gasteiger partial charge on any atom is 0.314 e. The molecule has 0 amide bonds. The van der Waals surface area contributed by atoms with Gasteiger partial charge in [-0.25, -0.2) is 8.42 Å². The zero-order valence-electron chi connectivity index (χ0n) is 16.2. The Hall–Kier alpha value is -2.57. The molecule has 1 unspecified atom stereocenters. The Labute approximate surface area is 173 Å².